The smallest absolute Gasteiger partial charge is 0.422 e. The summed E-state index contributed by atoms with van der Waals surface area (Å²) >= 11 is 1.69. The Balaban J connectivity index is 1.33. The molecule has 0 radical (unpaired) electrons. The molecule has 1 saturated heterocycles. The maximum absolute atomic E-state index is 12.7. The fraction of sp³-hybridized carbons (Fsp3) is 0.381. The number of hydrogen-bond acceptors (Lipinski definition) is 6. The van der Waals surface area contributed by atoms with E-state index in [0.717, 1.165) is 15.2 Å². The molecule has 1 aliphatic rings. The van der Waals surface area contributed by atoms with Gasteiger partial charge in [0.15, 0.2) is 6.61 Å². The van der Waals surface area contributed by atoms with Crippen molar-refractivity contribution in [3.8, 4) is 5.88 Å². The number of pyridine rings is 1. The number of fused-ring (bicyclic) bond motifs is 1. The van der Waals surface area contributed by atoms with Gasteiger partial charge in [-0.15, -0.1) is 11.3 Å². The van der Waals surface area contributed by atoms with Crippen molar-refractivity contribution < 1.29 is 22.7 Å². The van der Waals surface area contributed by atoms with E-state index in [-0.39, 0.29) is 17.8 Å². The van der Waals surface area contributed by atoms with Gasteiger partial charge >= 0.3 is 6.18 Å². The van der Waals surface area contributed by atoms with Crippen LogP contribution in [0.25, 0.3) is 10.2 Å². The van der Waals surface area contributed by atoms with E-state index < -0.39 is 12.8 Å². The van der Waals surface area contributed by atoms with E-state index in [9.17, 15) is 18.0 Å². The molecule has 10 heteroatoms. The highest BCUT2D eigenvalue weighted by molar-refractivity contribution is 7.18. The second kappa shape index (κ2) is 8.80. The molecule has 6 nitrogen and oxygen atoms in total. The van der Waals surface area contributed by atoms with Gasteiger partial charge in [-0.1, -0.05) is 12.1 Å². The lowest BCUT2D eigenvalue weighted by Gasteiger charge is -2.37. The Morgan fingerprint density at radius 2 is 1.90 bits per heavy atom. The predicted molar refractivity (Wildman–Crippen MR) is 111 cm³/mol. The van der Waals surface area contributed by atoms with Gasteiger partial charge in [-0.3, -0.25) is 9.69 Å². The average molecular weight is 450 g/mol. The largest absolute Gasteiger partial charge is 0.468 e. The van der Waals surface area contributed by atoms with Crippen molar-refractivity contribution in [1.29, 1.82) is 0 Å². The lowest BCUT2D eigenvalue weighted by molar-refractivity contribution is -0.154. The highest BCUT2D eigenvalue weighted by Crippen LogP contribution is 2.30. The molecule has 3 aromatic rings. The van der Waals surface area contributed by atoms with Crippen molar-refractivity contribution in [2.45, 2.75) is 19.1 Å². The van der Waals surface area contributed by atoms with Gasteiger partial charge in [-0.2, -0.15) is 13.2 Å². The summed E-state index contributed by atoms with van der Waals surface area (Å²) in [4.78, 5) is 25.3. The third kappa shape index (κ3) is 5.13. The molecule has 164 valence electrons. The van der Waals surface area contributed by atoms with E-state index in [2.05, 4.69) is 27.6 Å². The number of ether oxygens (including phenoxy) is 1. The Labute approximate surface area is 181 Å². The van der Waals surface area contributed by atoms with Crippen molar-refractivity contribution in [1.82, 2.24) is 19.8 Å². The summed E-state index contributed by atoms with van der Waals surface area (Å²) in [5, 5.41) is 1.06. The first-order valence-corrected chi connectivity index (χ1v) is 10.7. The number of hydrogen-bond donors (Lipinski definition) is 0. The minimum atomic E-state index is -4.43. The van der Waals surface area contributed by atoms with Crippen molar-refractivity contribution in [2.24, 2.45) is 0 Å². The van der Waals surface area contributed by atoms with Crippen molar-refractivity contribution in [3.05, 3.63) is 53.2 Å². The van der Waals surface area contributed by atoms with Crippen LogP contribution in [0.15, 0.2) is 42.6 Å². The van der Waals surface area contributed by atoms with E-state index in [4.69, 9.17) is 4.98 Å². The Morgan fingerprint density at radius 1 is 1.16 bits per heavy atom. The second-order valence-corrected chi connectivity index (χ2v) is 8.38. The number of nitrogens with zero attached hydrogens (tertiary/aromatic N) is 4. The van der Waals surface area contributed by atoms with E-state index in [1.165, 1.54) is 18.3 Å². The molecule has 4 rings (SSSR count). The zero-order valence-electron chi connectivity index (χ0n) is 16.8. The monoisotopic (exact) mass is 450 g/mol. The summed E-state index contributed by atoms with van der Waals surface area (Å²) in [6.07, 6.45) is -3.18. The maximum Gasteiger partial charge on any atom is 0.422 e. The number of halogens is 3. The van der Waals surface area contributed by atoms with Gasteiger partial charge < -0.3 is 9.64 Å². The Hall–Kier alpha value is -2.72. The minimum absolute atomic E-state index is 0.154. The summed E-state index contributed by atoms with van der Waals surface area (Å²) in [5.74, 6) is -0.356. The van der Waals surface area contributed by atoms with Crippen molar-refractivity contribution >= 4 is 27.5 Å². The number of alkyl halides is 3. The zero-order valence-corrected chi connectivity index (χ0v) is 17.6. The number of amides is 1. The van der Waals surface area contributed by atoms with Gasteiger partial charge in [0, 0.05) is 38.4 Å². The number of carbonyl (C=O) groups excluding carboxylic acids is 1. The number of rotatable bonds is 5. The highest BCUT2D eigenvalue weighted by Gasteiger charge is 2.29. The molecule has 0 aliphatic carbocycles. The van der Waals surface area contributed by atoms with Crippen molar-refractivity contribution in [2.75, 3.05) is 32.8 Å². The maximum atomic E-state index is 12.7. The molecule has 0 saturated carbocycles. The first-order valence-electron chi connectivity index (χ1n) is 9.84. The molecule has 1 aromatic carbocycles. The quantitative estimate of drug-likeness (QED) is 0.585. The van der Waals surface area contributed by atoms with Crippen LogP contribution >= 0.6 is 11.3 Å². The fourth-order valence-corrected chi connectivity index (χ4v) is 4.52. The van der Waals surface area contributed by atoms with E-state index >= 15 is 0 Å². The van der Waals surface area contributed by atoms with E-state index in [1.807, 2.05) is 18.2 Å². The van der Waals surface area contributed by atoms with Gasteiger partial charge in [0.25, 0.3) is 5.91 Å². The molecule has 0 bridgehead atoms. The highest BCUT2D eigenvalue weighted by atomic mass is 32.1. The van der Waals surface area contributed by atoms with Crippen molar-refractivity contribution in [3.63, 3.8) is 0 Å². The van der Waals surface area contributed by atoms with Crippen LogP contribution in [0.3, 0.4) is 0 Å². The zero-order chi connectivity index (χ0) is 22.0. The number of piperazine rings is 1. The first-order chi connectivity index (χ1) is 14.8. The third-order valence-electron chi connectivity index (χ3n) is 5.18. The Morgan fingerprint density at radius 3 is 2.55 bits per heavy atom. The van der Waals surface area contributed by atoms with Gasteiger partial charge in [-0.25, -0.2) is 9.97 Å². The van der Waals surface area contributed by atoms with E-state index in [0.29, 0.717) is 31.7 Å². The molecular formula is C21H21F3N4O2S. The fourth-order valence-electron chi connectivity index (χ4n) is 3.47. The van der Waals surface area contributed by atoms with Gasteiger partial charge in [0.2, 0.25) is 5.88 Å². The standard InChI is InChI=1S/C21H21F3N4O2S/c1-14(19-26-16-4-2-3-5-17(16)31-19)27-8-10-28(11-9-27)20(29)15-6-7-18(25-12-15)30-13-21(22,23)24/h2-7,12,14H,8-11,13H2,1H3. The number of aromatic nitrogens is 2. The molecule has 1 amide bonds. The summed E-state index contributed by atoms with van der Waals surface area (Å²) in [6, 6.07) is 10.9. The summed E-state index contributed by atoms with van der Waals surface area (Å²) in [5.41, 5.74) is 1.32. The molecule has 1 atom stereocenters. The summed E-state index contributed by atoms with van der Waals surface area (Å²) < 4.78 is 42.4. The van der Waals surface area contributed by atoms with E-state index in [1.54, 1.807) is 16.2 Å². The SMILES string of the molecule is CC(c1nc2ccccc2s1)N1CCN(C(=O)c2ccc(OCC(F)(F)F)nc2)CC1. The van der Waals surface area contributed by atoms with Crippen LogP contribution in [-0.4, -0.2) is 64.6 Å². The normalized spacial score (nSPS) is 16.5. The molecule has 2 aromatic heterocycles. The molecule has 1 unspecified atom stereocenters. The van der Waals surface area contributed by atoms with Gasteiger partial charge in [0.05, 0.1) is 21.8 Å². The minimum Gasteiger partial charge on any atom is -0.468 e. The Bertz CT molecular complexity index is 1010. The predicted octanol–water partition coefficient (Wildman–Crippen LogP) is 4.15. The summed E-state index contributed by atoms with van der Waals surface area (Å²) in [7, 11) is 0. The van der Waals surface area contributed by atoms with Crippen LogP contribution in [-0.2, 0) is 0 Å². The third-order valence-corrected chi connectivity index (χ3v) is 6.39. The molecule has 31 heavy (non-hydrogen) atoms. The second-order valence-electron chi connectivity index (χ2n) is 7.31. The first kappa shape index (κ1) is 21.5. The van der Waals surface area contributed by atoms with Crippen LogP contribution in [0.2, 0.25) is 0 Å². The number of para-hydroxylation sites is 1. The van der Waals surface area contributed by atoms with Crippen LogP contribution in [0.1, 0.15) is 28.3 Å². The topological polar surface area (TPSA) is 58.6 Å². The van der Waals surface area contributed by atoms with Crippen LogP contribution in [0.5, 0.6) is 5.88 Å². The van der Waals surface area contributed by atoms with Crippen LogP contribution < -0.4 is 4.74 Å². The summed E-state index contributed by atoms with van der Waals surface area (Å²) in [6.45, 7) is 3.24. The van der Waals surface area contributed by atoms with Crippen LogP contribution in [0, 0.1) is 0 Å². The lowest BCUT2D eigenvalue weighted by Crippen LogP contribution is -2.49. The number of thiazole rings is 1. The molecule has 1 aliphatic heterocycles. The molecule has 0 N–H and O–H groups in total. The lowest BCUT2D eigenvalue weighted by atomic mass is 10.2. The van der Waals surface area contributed by atoms with Crippen LogP contribution in [0.4, 0.5) is 13.2 Å². The molecule has 3 heterocycles. The van der Waals surface area contributed by atoms with Gasteiger partial charge in [-0.05, 0) is 25.1 Å². The number of benzene rings is 1. The molecule has 0 spiro atoms. The Kier molecular flexibility index (Phi) is 6.10. The average Bonchev–Trinajstić information content (AvgIpc) is 3.21. The van der Waals surface area contributed by atoms with Gasteiger partial charge in [0.1, 0.15) is 5.01 Å². The molecule has 1 fully saturated rings. The molecular weight excluding hydrogens is 429 g/mol. The number of carbonyl (C=O) groups is 1.